The highest BCUT2D eigenvalue weighted by atomic mass is 32.1. The smallest absolute Gasteiger partial charge is 0.0935 e. The molecule has 19 heavy (non-hydrogen) atoms. The zero-order valence-electron chi connectivity index (χ0n) is 11.0. The largest absolute Gasteiger partial charge is 0.396 e. The van der Waals surface area contributed by atoms with Crippen molar-refractivity contribution in [2.75, 3.05) is 13.2 Å². The molecule has 0 unspecified atom stereocenters. The highest BCUT2D eigenvalue weighted by molar-refractivity contribution is 7.09. The van der Waals surface area contributed by atoms with Gasteiger partial charge in [0.25, 0.3) is 0 Å². The highest BCUT2D eigenvalue weighted by Gasteiger charge is 2.30. The van der Waals surface area contributed by atoms with Crippen LogP contribution in [0.5, 0.6) is 0 Å². The first-order valence-corrected chi connectivity index (χ1v) is 7.22. The molecule has 0 aliphatic heterocycles. The number of nitrogens with zero attached hydrogens (tertiary/aromatic N) is 1. The quantitative estimate of drug-likeness (QED) is 0.851. The first-order valence-electron chi connectivity index (χ1n) is 6.34. The summed E-state index contributed by atoms with van der Waals surface area (Å²) in [4.78, 5) is 4.43. The number of aromatic nitrogens is 1. The van der Waals surface area contributed by atoms with Crippen LogP contribution in [-0.4, -0.2) is 28.4 Å². The van der Waals surface area contributed by atoms with Crippen molar-refractivity contribution in [3.05, 3.63) is 52.0 Å². The standard InChI is InChI=1S/C15H19NO2S/c1-12-9-19-14(16-12)8-15(10-17,11-18)7-13-5-3-2-4-6-13/h2-6,9,17-18H,7-8,10-11H2,1H3. The molecule has 0 saturated carbocycles. The van der Waals surface area contributed by atoms with Crippen LogP contribution in [0.3, 0.4) is 0 Å². The molecule has 2 rings (SSSR count). The maximum Gasteiger partial charge on any atom is 0.0935 e. The third kappa shape index (κ3) is 3.62. The van der Waals surface area contributed by atoms with Gasteiger partial charge in [0.05, 0.1) is 18.2 Å². The minimum Gasteiger partial charge on any atom is -0.396 e. The van der Waals surface area contributed by atoms with Gasteiger partial charge in [0.15, 0.2) is 0 Å². The number of benzene rings is 1. The number of hydrogen-bond donors (Lipinski definition) is 2. The van der Waals surface area contributed by atoms with Gasteiger partial charge < -0.3 is 10.2 Å². The molecule has 2 N–H and O–H groups in total. The molecule has 102 valence electrons. The lowest BCUT2D eigenvalue weighted by Gasteiger charge is -2.29. The first kappa shape index (κ1) is 14.2. The van der Waals surface area contributed by atoms with E-state index in [0.29, 0.717) is 12.8 Å². The molecule has 0 radical (unpaired) electrons. The summed E-state index contributed by atoms with van der Waals surface area (Å²) in [6, 6.07) is 9.96. The fourth-order valence-corrected chi connectivity index (χ4v) is 3.12. The minimum atomic E-state index is -0.536. The Bertz CT molecular complexity index is 506. The number of aryl methyl sites for hydroxylation is 1. The van der Waals surface area contributed by atoms with Crippen LogP contribution in [-0.2, 0) is 12.8 Å². The maximum atomic E-state index is 9.72. The van der Waals surface area contributed by atoms with Crippen LogP contribution in [0.4, 0.5) is 0 Å². The van der Waals surface area contributed by atoms with Gasteiger partial charge in [-0.1, -0.05) is 30.3 Å². The van der Waals surface area contributed by atoms with E-state index in [9.17, 15) is 10.2 Å². The number of hydrogen-bond acceptors (Lipinski definition) is 4. The second kappa shape index (κ2) is 6.28. The normalized spacial score (nSPS) is 11.7. The third-order valence-electron chi connectivity index (χ3n) is 3.29. The monoisotopic (exact) mass is 277 g/mol. The minimum absolute atomic E-state index is 0.0446. The van der Waals surface area contributed by atoms with E-state index in [1.54, 1.807) is 11.3 Å². The number of thiazole rings is 1. The van der Waals surface area contributed by atoms with E-state index in [2.05, 4.69) is 4.98 Å². The Hall–Kier alpha value is -1.23. The fourth-order valence-electron chi connectivity index (χ4n) is 2.17. The molecule has 0 fully saturated rings. The van der Waals surface area contributed by atoms with Gasteiger partial charge in [0.1, 0.15) is 0 Å². The summed E-state index contributed by atoms with van der Waals surface area (Å²) in [5, 5.41) is 22.4. The predicted octanol–water partition coefficient (Wildman–Crippen LogP) is 2.21. The van der Waals surface area contributed by atoms with Crippen molar-refractivity contribution >= 4 is 11.3 Å². The van der Waals surface area contributed by atoms with Crippen LogP contribution < -0.4 is 0 Å². The summed E-state index contributed by atoms with van der Waals surface area (Å²) in [6.07, 6.45) is 1.26. The SMILES string of the molecule is Cc1csc(CC(CO)(CO)Cc2ccccc2)n1. The van der Waals surface area contributed by atoms with Gasteiger partial charge in [0, 0.05) is 22.9 Å². The molecule has 0 aliphatic carbocycles. The molecule has 0 aliphatic rings. The molecule has 0 bridgehead atoms. The summed E-state index contributed by atoms with van der Waals surface area (Å²) in [7, 11) is 0. The molecule has 2 aromatic rings. The van der Waals surface area contributed by atoms with Gasteiger partial charge in [-0.25, -0.2) is 4.98 Å². The molecule has 0 spiro atoms. The zero-order valence-corrected chi connectivity index (χ0v) is 11.9. The molecular formula is C15H19NO2S. The topological polar surface area (TPSA) is 53.4 Å². The lowest BCUT2D eigenvalue weighted by molar-refractivity contribution is 0.0547. The van der Waals surface area contributed by atoms with Gasteiger partial charge in [-0.05, 0) is 18.9 Å². The average molecular weight is 277 g/mol. The Morgan fingerprint density at radius 1 is 1.11 bits per heavy atom. The molecule has 0 atom stereocenters. The Morgan fingerprint density at radius 3 is 2.32 bits per heavy atom. The van der Waals surface area contributed by atoms with Gasteiger partial charge in [-0.2, -0.15) is 0 Å². The van der Waals surface area contributed by atoms with E-state index in [0.717, 1.165) is 16.3 Å². The highest BCUT2D eigenvalue weighted by Crippen LogP contribution is 2.28. The second-order valence-corrected chi connectivity index (χ2v) is 5.98. The maximum absolute atomic E-state index is 9.72. The van der Waals surface area contributed by atoms with Gasteiger partial charge in [-0.3, -0.25) is 0 Å². The number of rotatable bonds is 6. The Balaban J connectivity index is 2.17. The second-order valence-electron chi connectivity index (χ2n) is 5.04. The average Bonchev–Trinajstić information content (AvgIpc) is 2.84. The molecule has 3 nitrogen and oxygen atoms in total. The van der Waals surface area contributed by atoms with Crippen molar-refractivity contribution in [2.24, 2.45) is 5.41 Å². The van der Waals surface area contributed by atoms with Crippen molar-refractivity contribution in [1.82, 2.24) is 4.98 Å². The molecule has 1 heterocycles. The van der Waals surface area contributed by atoms with Crippen LogP contribution in [0.1, 0.15) is 16.3 Å². The van der Waals surface area contributed by atoms with Crippen LogP contribution in [0.2, 0.25) is 0 Å². The van der Waals surface area contributed by atoms with Crippen LogP contribution in [0.25, 0.3) is 0 Å². The summed E-state index contributed by atoms with van der Waals surface area (Å²) in [5.41, 5.74) is 1.58. The molecule has 1 aromatic heterocycles. The Labute approximate surface area is 117 Å². The van der Waals surface area contributed by atoms with Crippen molar-refractivity contribution < 1.29 is 10.2 Å². The lowest BCUT2D eigenvalue weighted by Crippen LogP contribution is -2.34. The fraction of sp³-hybridized carbons (Fsp3) is 0.400. The Morgan fingerprint density at radius 2 is 1.79 bits per heavy atom. The summed E-state index contributed by atoms with van der Waals surface area (Å²) in [5.74, 6) is 0. The van der Waals surface area contributed by atoms with Crippen LogP contribution in [0, 0.1) is 12.3 Å². The lowest BCUT2D eigenvalue weighted by atomic mass is 9.80. The van der Waals surface area contributed by atoms with E-state index in [1.807, 2.05) is 42.6 Å². The van der Waals surface area contributed by atoms with E-state index < -0.39 is 5.41 Å². The van der Waals surface area contributed by atoms with Crippen molar-refractivity contribution in [1.29, 1.82) is 0 Å². The van der Waals surface area contributed by atoms with Crippen LogP contribution >= 0.6 is 11.3 Å². The summed E-state index contributed by atoms with van der Waals surface area (Å²) in [6.45, 7) is 1.87. The zero-order chi connectivity index (χ0) is 13.7. The first-order chi connectivity index (χ1) is 9.17. The van der Waals surface area contributed by atoms with E-state index in [4.69, 9.17) is 0 Å². The van der Waals surface area contributed by atoms with E-state index in [-0.39, 0.29) is 13.2 Å². The number of aliphatic hydroxyl groups excluding tert-OH is 2. The van der Waals surface area contributed by atoms with Crippen molar-refractivity contribution in [2.45, 2.75) is 19.8 Å². The van der Waals surface area contributed by atoms with E-state index in [1.165, 1.54) is 0 Å². The molecule has 1 aromatic carbocycles. The van der Waals surface area contributed by atoms with Crippen LogP contribution in [0.15, 0.2) is 35.7 Å². The summed E-state index contributed by atoms with van der Waals surface area (Å²) >= 11 is 1.58. The Kier molecular flexibility index (Phi) is 4.69. The van der Waals surface area contributed by atoms with Gasteiger partial charge in [-0.15, -0.1) is 11.3 Å². The van der Waals surface area contributed by atoms with E-state index >= 15 is 0 Å². The third-order valence-corrected chi connectivity index (χ3v) is 4.25. The summed E-state index contributed by atoms with van der Waals surface area (Å²) < 4.78 is 0. The molecule has 0 amide bonds. The molecular weight excluding hydrogens is 258 g/mol. The number of aliphatic hydroxyl groups is 2. The molecule has 0 saturated heterocycles. The van der Waals surface area contributed by atoms with Crippen molar-refractivity contribution in [3.8, 4) is 0 Å². The van der Waals surface area contributed by atoms with Gasteiger partial charge in [0.2, 0.25) is 0 Å². The van der Waals surface area contributed by atoms with Gasteiger partial charge >= 0.3 is 0 Å². The predicted molar refractivity (Wildman–Crippen MR) is 77.3 cm³/mol. The van der Waals surface area contributed by atoms with Crippen molar-refractivity contribution in [3.63, 3.8) is 0 Å². The molecule has 4 heteroatoms.